The third-order valence-corrected chi connectivity index (χ3v) is 4.03. The minimum atomic E-state index is 0.296. The maximum Gasteiger partial charge on any atom is 0.150 e. The minimum absolute atomic E-state index is 0.296. The zero-order valence-electron chi connectivity index (χ0n) is 11.8. The van der Waals surface area contributed by atoms with Gasteiger partial charge >= 0.3 is 0 Å². The fourth-order valence-corrected chi connectivity index (χ4v) is 2.68. The first kappa shape index (κ1) is 13.6. The quantitative estimate of drug-likeness (QED) is 0.763. The molecule has 1 aliphatic heterocycles. The van der Waals surface area contributed by atoms with Crippen molar-refractivity contribution in [3.63, 3.8) is 0 Å². The summed E-state index contributed by atoms with van der Waals surface area (Å²) in [7, 11) is 0. The highest BCUT2D eigenvalue weighted by Gasteiger charge is 2.32. The normalized spacial score (nSPS) is 19.3. The number of nitrogens with zero attached hydrogens (tertiary/aromatic N) is 2. The fourth-order valence-electron chi connectivity index (χ4n) is 2.68. The van der Waals surface area contributed by atoms with Gasteiger partial charge in [-0.1, -0.05) is 20.8 Å². The Balaban J connectivity index is 2.25. The predicted octanol–water partition coefficient (Wildman–Crippen LogP) is 3.24. The van der Waals surface area contributed by atoms with Crippen LogP contribution < -0.4 is 4.90 Å². The molecule has 1 aromatic rings. The summed E-state index contributed by atoms with van der Waals surface area (Å²) in [5, 5.41) is 9.23. The number of anilines is 1. The number of nitriles is 1. The summed E-state index contributed by atoms with van der Waals surface area (Å²) in [4.78, 5) is 13.0. The third kappa shape index (κ3) is 2.78. The van der Waals surface area contributed by atoms with E-state index in [1.165, 1.54) is 0 Å². The van der Waals surface area contributed by atoms with Crippen LogP contribution in [0.5, 0.6) is 0 Å². The molecule has 0 amide bonds. The molecule has 1 saturated heterocycles. The molecule has 3 heteroatoms. The van der Waals surface area contributed by atoms with Crippen LogP contribution in [0.3, 0.4) is 0 Å². The highest BCUT2D eigenvalue weighted by atomic mass is 16.1. The summed E-state index contributed by atoms with van der Waals surface area (Å²) in [5.74, 6) is 0.643. The van der Waals surface area contributed by atoms with Gasteiger partial charge in [0.15, 0.2) is 0 Å². The molecule has 0 saturated carbocycles. The van der Waals surface area contributed by atoms with Crippen molar-refractivity contribution < 1.29 is 4.79 Å². The Kier molecular flexibility index (Phi) is 3.61. The van der Waals surface area contributed by atoms with E-state index in [0.29, 0.717) is 22.5 Å². The lowest BCUT2D eigenvalue weighted by Crippen LogP contribution is -2.26. The van der Waals surface area contributed by atoms with Gasteiger partial charge in [0.05, 0.1) is 11.3 Å². The molecule has 0 aromatic heterocycles. The smallest absolute Gasteiger partial charge is 0.150 e. The van der Waals surface area contributed by atoms with Crippen molar-refractivity contribution in [1.29, 1.82) is 5.26 Å². The molecule has 0 N–H and O–H groups in total. The van der Waals surface area contributed by atoms with Crippen molar-refractivity contribution in [2.75, 3.05) is 18.0 Å². The fraction of sp³-hybridized carbons (Fsp3) is 0.500. The van der Waals surface area contributed by atoms with Crippen LogP contribution in [0, 0.1) is 22.7 Å². The van der Waals surface area contributed by atoms with E-state index in [4.69, 9.17) is 0 Å². The lowest BCUT2D eigenvalue weighted by Gasteiger charge is -2.27. The Morgan fingerprint density at radius 1 is 1.42 bits per heavy atom. The number of benzene rings is 1. The van der Waals surface area contributed by atoms with Gasteiger partial charge in [-0.15, -0.1) is 0 Å². The monoisotopic (exact) mass is 256 g/mol. The van der Waals surface area contributed by atoms with Gasteiger partial charge in [-0.2, -0.15) is 5.26 Å². The molecule has 1 unspecified atom stereocenters. The third-order valence-electron chi connectivity index (χ3n) is 4.03. The number of aldehydes is 1. The van der Waals surface area contributed by atoms with E-state index in [-0.39, 0.29) is 0 Å². The van der Waals surface area contributed by atoms with Crippen LogP contribution in [0.1, 0.15) is 43.1 Å². The molecule has 1 fully saturated rings. The number of carbonyl (C=O) groups excluding carboxylic acids is 1. The average molecular weight is 256 g/mol. The molecule has 1 heterocycles. The summed E-state index contributed by atoms with van der Waals surface area (Å²) in [6, 6.07) is 7.56. The lowest BCUT2D eigenvalue weighted by atomic mass is 9.80. The maximum absolute atomic E-state index is 10.8. The van der Waals surface area contributed by atoms with E-state index in [0.717, 1.165) is 31.5 Å². The zero-order chi connectivity index (χ0) is 14.0. The number of carbonyl (C=O) groups is 1. The van der Waals surface area contributed by atoms with Gasteiger partial charge in [-0.25, -0.2) is 0 Å². The van der Waals surface area contributed by atoms with Crippen LogP contribution in [0.4, 0.5) is 5.69 Å². The van der Waals surface area contributed by atoms with Crippen molar-refractivity contribution in [2.24, 2.45) is 11.3 Å². The van der Waals surface area contributed by atoms with Crippen molar-refractivity contribution in [3.8, 4) is 6.07 Å². The molecule has 19 heavy (non-hydrogen) atoms. The highest BCUT2D eigenvalue weighted by Crippen LogP contribution is 2.36. The van der Waals surface area contributed by atoms with Gasteiger partial charge in [0, 0.05) is 18.7 Å². The van der Waals surface area contributed by atoms with Crippen molar-refractivity contribution >= 4 is 12.0 Å². The number of rotatable bonds is 2. The van der Waals surface area contributed by atoms with Crippen LogP contribution >= 0.6 is 0 Å². The molecule has 3 nitrogen and oxygen atoms in total. The molecule has 0 spiro atoms. The molecule has 1 aliphatic rings. The van der Waals surface area contributed by atoms with Gasteiger partial charge in [-0.05, 0) is 36.0 Å². The first-order chi connectivity index (χ1) is 8.95. The van der Waals surface area contributed by atoms with E-state index in [2.05, 4.69) is 31.7 Å². The Morgan fingerprint density at radius 3 is 2.68 bits per heavy atom. The molecule has 1 atom stereocenters. The van der Waals surface area contributed by atoms with Gasteiger partial charge in [0.25, 0.3) is 0 Å². The first-order valence-electron chi connectivity index (χ1n) is 6.70. The summed E-state index contributed by atoms with van der Waals surface area (Å²) >= 11 is 0. The molecular weight excluding hydrogens is 236 g/mol. The molecule has 0 radical (unpaired) electrons. The Bertz CT molecular complexity index is 523. The second-order valence-electron chi connectivity index (χ2n) is 6.30. The Labute approximate surface area is 114 Å². The predicted molar refractivity (Wildman–Crippen MR) is 76.3 cm³/mol. The van der Waals surface area contributed by atoms with E-state index in [1.807, 2.05) is 6.07 Å². The minimum Gasteiger partial charge on any atom is -0.370 e. The summed E-state index contributed by atoms with van der Waals surface area (Å²) < 4.78 is 0. The summed E-state index contributed by atoms with van der Waals surface area (Å²) in [6.07, 6.45) is 1.94. The molecule has 100 valence electrons. The highest BCUT2D eigenvalue weighted by molar-refractivity contribution is 5.78. The van der Waals surface area contributed by atoms with Gasteiger partial charge in [0.2, 0.25) is 0 Å². The SMILES string of the molecule is CC(C)(C)C1CCN(c2ccc(C=O)cc2C#N)C1. The largest absolute Gasteiger partial charge is 0.370 e. The molecular formula is C16H20N2O. The van der Waals surface area contributed by atoms with Crippen LogP contribution in [-0.4, -0.2) is 19.4 Å². The van der Waals surface area contributed by atoms with Crippen LogP contribution in [0.2, 0.25) is 0 Å². The van der Waals surface area contributed by atoms with E-state index >= 15 is 0 Å². The van der Waals surface area contributed by atoms with Crippen molar-refractivity contribution in [3.05, 3.63) is 29.3 Å². The molecule has 2 rings (SSSR count). The van der Waals surface area contributed by atoms with E-state index in [9.17, 15) is 10.1 Å². The standard InChI is InChI=1S/C16H20N2O/c1-16(2,3)14-6-7-18(10-14)15-5-4-12(11-19)8-13(15)9-17/h4-5,8,11,14H,6-7,10H2,1-3H3. The number of hydrogen-bond donors (Lipinski definition) is 0. The second-order valence-corrected chi connectivity index (χ2v) is 6.30. The molecule has 0 aliphatic carbocycles. The Morgan fingerprint density at radius 2 is 2.16 bits per heavy atom. The Hall–Kier alpha value is -1.82. The molecule has 0 bridgehead atoms. The van der Waals surface area contributed by atoms with Crippen LogP contribution in [0.15, 0.2) is 18.2 Å². The van der Waals surface area contributed by atoms with E-state index < -0.39 is 0 Å². The summed E-state index contributed by atoms with van der Waals surface area (Å²) in [5.41, 5.74) is 2.41. The van der Waals surface area contributed by atoms with Gasteiger partial charge in [-0.3, -0.25) is 4.79 Å². The van der Waals surface area contributed by atoms with Crippen molar-refractivity contribution in [2.45, 2.75) is 27.2 Å². The van der Waals surface area contributed by atoms with Crippen LogP contribution in [0.25, 0.3) is 0 Å². The van der Waals surface area contributed by atoms with Gasteiger partial charge in [0.1, 0.15) is 12.4 Å². The first-order valence-corrected chi connectivity index (χ1v) is 6.70. The van der Waals surface area contributed by atoms with Crippen molar-refractivity contribution in [1.82, 2.24) is 0 Å². The van der Waals surface area contributed by atoms with E-state index in [1.54, 1.807) is 12.1 Å². The average Bonchev–Trinajstić information content (AvgIpc) is 2.87. The summed E-state index contributed by atoms with van der Waals surface area (Å²) in [6.45, 7) is 8.77. The van der Waals surface area contributed by atoms with Crippen LogP contribution in [-0.2, 0) is 0 Å². The molecule has 1 aromatic carbocycles. The maximum atomic E-state index is 10.8. The zero-order valence-corrected chi connectivity index (χ0v) is 11.8. The number of hydrogen-bond acceptors (Lipinski definition) is 3. The van der Waals surface area contributed by atoms with Gasteiger partial charge < -0.3 is 4.90 Å². The second kappa shape index (κ2) is 5.05. The lowest BCUT2D eigenvalue weighted by molar-refractivity contribution is 0.112. The topological polar surface area (TPSA) is 44.1 Å².